The van der Waals surface area contributed by atoms with E-state index in [9.17, 15) is 0 Å². The summed E-state index contributed by atoms with van der Waals surface area (Å²) in [6, 6.07) is 2.29. The number of pyridine rings is 1. The molecule has 1 aromatic heterocycles. The van der Waals surface area contributed by atoms with Crippen molar-refractivity contribution in [2.24, 2.45) is 0 Å². The molecule has 0 saturated carbocycles. The predicted octanol–water partition coefficient (Wildman–Crippen LogP) is 1.25. The predicted molar refractivity (Wildman–Crippen MR) is 56.1 cm³/mol. The third-order valence-electron chi connectivity index (χ3n) is 2.29. The highest BCUT2D eigenvalue weighted by Crippen LogP contribution is 2.15. The van der Waals surface area contributed by atoms with E-state index in [0.717, 1.165) is 31.7 Å². The molecule has 2 rings (SSSR count). The summed E-state index contributed by atoms with van der Waals surface area (Å²) in [5.41, 5.74) is 7.29. The fraction of sp³-hybridized carbons (Fsp3) is 0.500. The zero-order valence-corrected chi connectivity index (χ0v) is 8.07. The summed E-state index contributed by atoms with van der Waals surface area (Å²) in [6.45, 7) is 1.65. The Morgan fingerprint density at radius 2 is 2.43 bits per heavy atom. The van der Waals surface area contributed by atoms with Crippen LogP contribution in [0.1, 0.15) is 12.8 Å². The van der Waals surface area contributed by atoms with Gasteiger partial charge in [-0.15, -0.1) is 0 Å². The minimum absolute atomic E-state index is 0.396. The lowest BCUT2D eigenvalue weighted by Crippen LogP contribution is -2.29. The lowest BCUT2D eigenvalue weighted by molar-refractivity contribution is 0.0876. The smallest absolute Gasteiger partial charge is 0.0667 e. The molecule has 1 aliphatic heterocycles. The van der Waals surface area contributed by atoms with E-state index >= 15 is 0 Å². The highest BCUT2D eigenvalue weighted by molar-refractivity contribution is 5.51. The lowest BCUT2D eigenvalue weighted by Gasteiger charge is -2.23. The van der Waals surface area contributed by atoms with Gasteiger partial charge in [0.15, 0.2) is 0 Å². The van der Waals surface area contributed by atoms with Gasteiger partial charge < -0.3 is 15.8 Å². The van der Waals surface area contributed by atoms with E-state index in [1.54, 1.807) is 12.4 Å². The summed E-state index contributed by atoms with van der Waals surface area (Å²) in [7, 11) is 0. The number of hydrogen-bond acceptors (Lipinski definition) is 4. The second-order valence-corrected chi connectivity index (χ2v) is 3.57. The van der Waals surface area contributed by atoms with Gasteiger partial charge in [0.25, 0.3) is 0 Å². The summed E-state index contributed by atoms with van der Waals surface area (Å²) >= 11 is 0. The van der Waals surface area contributed by atoms with Crippen molar-refractivity contribution in [1.82, 2.24) is 4.98 Å². The normalized spacial score (nSPS) is 21.9. The number of nitrogens with two attached hydrogens (primary N) is 1. The van der Waals surface area contributed by atoms with Crippen molar-refractivity contribution >= 4 is 11.4 Å². The number of ether oxygens (including phenoxy) is 1. The van der Waals surface area contributed by atoms with Crippen molar-refractivity contribution in [2.45, 2.75) is 18.9 Å². The first kappa shape index (κ1) is 9.27. The maximum Gasteiger partial charge on any atom is 0.0667 e. The average molecular weight is 193 g/mol. The molecule has 2 heterocycles. The minimum atomic E-state index is 0.396. The SMILES string of the molecule is Nc1cncc(NC2CCCOC2)c1. The summed E-state index contributed by atoms with van der Waals surface area (Å²) in [5, 5.41) is 3.35. The molecule has 1 atom stereocenters. The Bertz CT molecular complexity index is 297. The number of nitrogen functional groups attached to an aromatic ring is 1. The van der Waals surface area contributed by atoms with Gasteiger partial charge in [0, 0.05) is 18.8 Å². The fourth-order valence-electron chi connectivity index (χ4n) is 1.63. The van der Waals surface area contributed by atoms with E-state index < -0.39 is 0 Å². The van der Waals surface area contributed by atoms with Crippen LogP contribution >= 0.6 is 0 Å². The number of nitrogens with one attached hydrogen (secondary N) is 1. The van der Waals surface area contributed by atoms with Gasteiger partial charge in [0.1, 0.15) is 0 Å². The highest BCUT2D eigenvalue weighted by Gasteiger charge is 2.13. The Balaban J connectivity index is 1.95. The number of rotatable bonds is 2. The maximum absolute atomic E-state index is 5.63. The fourth-order valence-corrected chi connectivity index (χ4v) is 1.63. The van der Waals surface area contributed by atoms with E-state index in [0.29, 0.717) is 11.7 Å². The van der Waals surface area contributed by atoms with Crippen molar-refractivity contribution in [2.75, 3.05) is 24.3 Å². The van der Waals surface area contributed by atoms with Gasteiger partial charge >= 0.3 is 0 Å². The van der Waals surface area contributed by atoms with Crippen LogP contribution in [0.15, 0.2) is 18.5 Å². The molecule has 0 spiro atoms. The van der Waals surface area contributed by atoms with Crippen molar-refractivity contribution in [1.29, 1.82) is 0 Å². The van der Waals surface area contributed by atoms with Gasteiger partial charge in [0.05, 0.1) is 24.2 Å². The average Bonchev–Trinajstić information content (AvgIpc) is 2.19. The van der Waals surface area contributed by atoms with E-state index in [1.807, 2.05) is 6.07 Å². The topological polar surface area (TPSA) is 60.2 Å². The molecule has 0 aliphatic carbocycles. The summed E-state index contributed by atoms with van der Waals surface area (Å²) in [6.07, 6.45) is 5.69. The van der Waals surface area contributed by atoms with Gasteiger partial charge in [-0.1, -0.05) is 0 Å². The van der Waals surface area contributed by atoms with Crippen LogP contribution < -0.4 is 11.1 Å². The standard InChI is InChI=1S/C10H15N3O/c11-8-4-10(6-12-5-8)13-9-2-1-3-14-7-9/h4-6,9,13H,1-3,7,11H2. The van der Waals surface area contributed by atoms with Crippen molar-refractivity contribution in [3.8, 4) is 0 Å². The first-order chi connectivity index (χ1) is 6.84. The molecule has 1 fully saturated rings. The van der Waals surface area contributed by atoms with Gasteiger partial charge in [-0.25, -0.2) is 0 Å². The number of nitrogens with zero attached hydrogens (tertiary/aromatic N) is 1. The number of hydrogen-bond donors (Lipinski definition) is 2. The number of aromatic nitrogens is 1. The van der Waals surface area contributed by atoms with Crippen LogP contribution in [0.25, 0.3) is 0 Å². The number of anilines is 2. The van der Waals surface area contributed by atoms with Gasteiger partial charge in [0.2, 0.25) is 0 Å². The molecule has 0 amide bonds. The molecule has 0 aromatic carbocycles. The van der Waals surface area contributed by atoms with Crippen molar-refractivity contribution in [3.63, 3.8) is 0 Å². The zero-order chi connectivity index (χ0) is 9.80. The van der Waals surface area contributed by atoms with Crippen LogP contribution in [0.3, 0.4) is 0 Å². The molecular weight excluding hydrogens is 178 g/mol. The monoisotopic (exact) mass is 193 g/mol. The summed E-state index contributed by atoms with van der Waals surface area (Å²) < 4.78 is 5.37. The minimum Gasteiger partial charge on any atom is -0.397 e. The third kappa shape index (κ3) is 2.35. The molecule has 4 nitrogen and oxygen atoms in total. The molecule has 1 unspecified atom stereocenters. The zero-order valence-electron chi connectivity index (χ0n) is 8.07. The molecule has 1 aromatic rings. The Kier molecular flexibility index (Phi) is 2.84. The third-order valence-corrected chi connectivity index (χ3v) is 2.29. The first-order valence-electron chi connectivity index (χ1n) is 4.89. The van der Waals surface area contributed by atoms with Crippen molar-refractivity contribution < 1.29 is 4.74 Å². The first-order valence-corrected chi connectivity index (χ1v) is 4.89. The van der Waals surface area contributed by atoms with Gasteiger partial charge in [-0.05, 0) is 18.9 Å². The van der Waals surface area contributed by atoms with E-state index in [2.05, 4.69) is 10.3 Å². The van der Waals surface area contributed by atoms with E-state index in [1.165, 1.54) is 0 Å². The Labute approximate surface area is 83.5 Å². The molecule has 0 radical (unpaired) electrons. The second-order valence-electron chi connectivity index (χ2n) is 3.57. The van der Waals surface area contributed by atoms with Gasteiger partial charge in [-0.3, -0.25) is 4.98 Å². The Morgan fingerprint density at radius 1 is 1.50 bits per heavy atom. The summed E-state index contributed by atoms with van der Waals surface area (Å²) in [5.74, 6) is 0. The van der Waals surface area contributed by atoms with Crippen LogP contribution in [0, 0.1) is 0 Å². The van der Waals surface area contributed by atoms with Crippen LogP contribution in [0.4, 0.5) is 11.4 Å². The Morgan fingerprint density at radius 3 is 3.14 bits per heavy atom. The summed E-state index contributed by atoms with van der Waals surface area (Å²) in [4.78, 5) is 4.02. The van der Waals surface area contributed by atoms with Crippen LogP contribution in [0.2, 0.25) is 0 Å². The molecule has 0 bridgehead atoms. The highest BCUT2D eigenvalue weighted by atomic mass is 16.5. The molecule has 3 N–H and O–H groups in total. The quantitative estimate of drug-likeness (QED) is 0.742. The molecule has 1 aliphatic rings. The molecule has 14 heavy (non-hydrogen) atoms. The molecule has 4 heteroatoms. The molecule has 76 valence electrons. The molecule has 1 saturated heterocycles. The Hall–Kier alpha value is -1.29. The second kappa shape index (κ2) is 4.28. The largest absolute Gasteiger partial charge is 0.397 e. The van der Waals surface area contributed by atoms with Crippen LogP contribution in [0.5, 0.6) is 0 Å². The maximum atomic E-state index is 5.63. The van der Waals surface area contributed by atoms with E-state index in [-0.39, 0.29) is 0 Å². The lowest BCUT2D eigenvalue weighted by atomic mass is 10.1. The molecular formula is C10H15N3O. The van der Waals surface area contributed by atoms with Crippen LogP contribution in [-0.4, -0.2) is 24.2 Å². The van der Waals surface area contributed by atoms with Gasteiger partial charge in [-0.2, -0.15) is 0 Å². The van der Waals surface area contributed by atoms with Crippen molar-refractivity contribution in [3.05, 3.63) is 18.5 Å². The van der Waals surface area contributed by atoms with E-state index in [4.69, 9.17) is 10.5 Å². The van der Waals surface area contributed by atoms with Crippen LogP contribution in [-0.2, 0) is 4.74 Å².